The highest BCUT2D eigenvalue weighted by molar-refractivity contribution is 7.91. The van der Waals surface area contributed by atoms with Crippen LogP contribution in [0, 0.1) is 30.2 Å². The molecular weight excluding hydrogens is 452 g/mol. The van der Waals surface area contributed by atoms with Gasteiger partial charge in [-0.1, -0.05) is 13.0 Å². The van der Waals surface area contributed by atoms with E-state index in [1.165, 1.54) is 18.2 Å². The predicted molar refractivity (Wildman–Crippen MR) is 111 cm³/mol. The van der Waals surface area contributed by atoms with Gasteiger partial charge in [0.25, 0.3) is 0 Å². The zero-order valence-corrected chi connectivity index (χ0v) is 18.1. The van der Waals surface area contributed by atoms with E-state index in [1.807, 2.05) is 6.92 Å². The SMILES string of the molecule is C=CC1OC(O)N(CCC)c2ccc(NS(=O)(=O)Cc3c(F)c(F)c(C)c(F)c3F)cc21. The molecular formula is C21H22F4N2O4S. The third-order valence-electron chi connectivity index (χ3n) is 5.04. The number of nitrogens with zero attached hydrogens (tertiary/aromatic N) is 1. The third kappa shape index (κ3) is 4.45. The number of fused-ring (bicyclic) bond motifs is 1. The molecule has 0 aromatic heterocycles. The molecule has 0 saturated carbocycles. The average molecular weight is 474 g/mol. The Labute approximate surface area is 183 Å². The van der Waals surface area contributed by atoms with Crippen molar-refractivity contribution in [3.8, 4) is 0 Å². The Balaban J connectivity index is 1.94. The molecule has 0 radical (unpaired) electrons. The molecule has 1 aliphatic rings. The number of nitrogens with one attached hydrogen (secondary N) is 1. The van der Waals surface area contributed by atoms with Gasteiger partial charge < -0.3 is 14.7 Å². The summed E-state index contributed by atoms with van der Waals surface area (Å²) >= 11 is 0. The monoisotopic (exact) mass is 474 g/mol. The molecule has 3 rings (SSSR count). The first-order valence-corrected chi connectivity index (χ1v) is 11.3. The third-order valence-corrected chi connectivity index (χ3v) is 6.25. The van der Waals surface area contributed by atoms with Gasteiger partial charge in [0.2, 0.25) is 16.4 Å². The molecule has 0 spiro atoms. The lowest BCUT2D eigenvalue weighted by atomic mass is 10.0. The van der Waals surface area contributed by atoms with Crippen molar-refractivity contribution in [2.75, 3.05) is 16.2 Å². The van der Waals surface area contributed by atoms with Crippen LogP contribution in [0.25, 0.3) is 0 Å². The number of halogens is 4. The van der Waals surface area contributed by atoms with Crippen molar-refractivity contribution in [1.29, 1.82) is 0 Å². The van der Waals surface area contributed by atoms with E-state index in [9.17, 15) is 31.1 Å². The number of hydrogen-bond acceptors (Lipinski definition) is 5. The molecule has 174 valence electrons. The fourth-order valence-corrected chi connectivity index (χ4v) is 4.67. The van der Waals surface area contributed by atoms with Crippen LogP contribution in [-0.4, -0.2) is 26.5 Å². The van der Waals surface area contributed by atoms with Crippen LogP contribution in [-0.2, 0) is 20.5 Å². The topological polar surface area (TPSA) is 78.9 Å². The van der Waals surface area contributed by atoms with Crippen molar-refractivity contribution in [3.63, 3.8) is 0 Å². The summed E-state index contributed by atoms with van der Waals surface area (Å²) in [7, 11) is -4.46. The molecule has 2 atom stereocenters. The standard InChI is InChI=1S/C21H22F4N2O4S/c1-4-8-27-15-7-6-12(9-13(15)16(5-2)31-21(27)28)26-32(29,30)10-14-19(24)17(22)11(3)18(23)20(14)25/h5-7,9,16,21,26,28H,2,4,8,10H2,1,3H3. The summed E-state index contributed by atoms with van der Waals surface area (Å²) in [6, 6.07) is 4.37. The number of ether oxygens (including phenoxy) is 1. The molecule has 11 heteroatoms. The van der Waals surface area contributed by atoms with Crippen molar-refractivity contribution < 1.29 is 35.8 Å². The molecule has 32 heavy (non-hydrogen) atoms. The quantitative estimate of drug-likeness (QED) is 0.357. The van der Waals surface area contributed by atoms with Gasteiger partial charge in [0.05, 0.1) is 0 Å². The largest absolute Gasteiger partial charge is 0.351 e. The molecule has 0 saturated heterocycles. The van der Waals surface area contributed by atoms with Crippen molar-refractivity contribution in [3.05, 3.63) is 70.8 Å². The summed E-state index contributed by atoms with van der Waals surface area (Å²) in [6.45, 7) is 6.86. The van der Waals surface area contributed by atoms with E-state index in [2.05, 4.69) is 11.3 Å². The van der Waals surface area contributed by atoms with Gasteiger partial charge in [-0.25, -0.2) is 26.0 Å². The Morgan fingerprint density at radius 3 is 2.38 bits per heavy atom. The minimum atomic E-state index is -4.46. The lowest BCUT2D eigenvalue weighted by Crippen LogP contribution is -2.42. The van der Waals surface area contributed by atoms with Crippen molar-refractivity contribution in [2.45, 2.75) is 38.5 Å². The maximum atomic E-state index is 14.1. The normalized spacial score (nSPS) is 18.4. The van der Waals surface area contributed by atoms with E-state index in [-0.39, 0.29) is 5.69 Å². The highest BCUT2D eigenvalue weighted by atomic mass is 32.2. The molecule has 2 aromatic carbocycles. The zero-order valence-electron chi connectivity index (χ0n) is 17.3. The number of rotatable bonds is 7. The Morgan fingerprint density at radius 1 is 1.19 bits per heavy atom. The Hall–Kier alpha value is -2.63. The summed E-state index contributed by atoms with van der Waals surface area (Å²) in [4.78, 5) is 1.58. The van der Waals surface area contributed by atoms with E-state index in [4.69, 9.17) is 4.74 Å². The van der Waals surface area contributed by atoms with Crippen LogP contribution in [0.15, 0.2) is 30.9 Å². The van der Waals surface area contributed by atoms with E-state index in [1.54, 1.807) is 11.0 Å². The first kappa shape index (κ1) is 24.0. The summed E-state index contributed by atoms with van der Waals surface area (Å²) in [6.07, 6.45) is 0.165. The molecule has 0 amide bonds. The number of anilines is 2. The van der Waals surface area contributed by atoms with Gasteiger partial charge in [-0.15, -0.1) is 6.58 Å². The van der Waals surface area contributed by atoms with E-state index < -0.39 is 62.7 Å². The van der Waals surface area contributed by atoms with Crippen LogP contribution < -0.4 is 9.62 Å². The molecule has 0 aliphatic carbocycles. The molecule has 0 bridgehead atoms. The predicted octanol–water partition coefficient (Wildman–Crippen LogP) is 4.24. The fraction of sp³-hybridized carbons (Fsp3) is 0.333. The first-order valence-electron chi connectivity index (χ1n) is 9.69. The summed E-state index contributed by atoms with van der Waals surface area (Å²) in [5.41, 5.74) is -0.985. The van der Waals surface area contributed by atoms with Crippen LogP contribution in [0.3, 0.4) is 0 Å². The second kappa shape index (κ2) is 9.08. The maximum absolute atomic E-state index is 14.1. The summed E-state index contributed by atoms with van der Waals surface area (Å²) in [5.74, 6) is -8.15. The van der Waals surface area contributed by atoms with Gasteiger partial charge >= 0.3 is 0 Å². The van der Waals surface area contributed by atoms with Crippen LogP contribution in [0.5, 0.6) is 0 Å². The molecule has 0 fully saturated rings. The van der Waals surface area contributed by atoms with Crippen LogP contribution >= 0.6 is 0 Å². The Bertz CT molecular complexity index is 1130. The highest BCUT2D eigenvalue weighted by Gasteiger charge is 2.31. The smallest absolute Gasteiger partial charge is 0.238 e. The Kier molecular flexibility index (Phi) is 6.82. The van der Waals surface area contributed by atoms with Gasteiger partial charge in [0.1, 0.15) is 11.9 Å². The number of hydrogen-bond donors (Lipinski definition) is 2. The molecule has 2 unspecified atom stereocenters. The number of sulfonamides is 1. The number of aliphatic hydroxyl groups excluding tert-OH is 1. The second-order valence-electron chi connectivity index (χ2n) is 7.31. The van der Waals surface area contributed by atoms with Crippen molar-refractivity contribution in [1.82, 2.24) is 0 Å². The number of benzene rings is 2. The minimum Gasteiger partial charge on any atom is -0.351 e. The Morgan fingerprint density at radius 2 is 1.81 bits per heavy atom. The van der Waals surface area contributed by atoms with Crippen molar-refractivity contribution in [2.24, 2.45) is 0 Å². The van der Waals surface area contributed by atoms with E-state index in [0.29, 0.717) is 24.2 Å². The minimum absolute atomic E-state index is 0.0286. The molecule has 2 N–H and O–H groups in total. The van der Waals surface area contributed by atoms with Crippen LogP contribution in [0.2, 0.25) is 0 Å². The summed E-state index contributed by atoms with van der Waals surface area (Å²) < 4.78 is 88.5. The van der Waals surface area contributed by atoms with Crippen LogP contribution in [0.4, 0.5) is 28.9 Å². The molecule has 6 nitrogen and oxygen atoms in total. The zero-order chi connectivity index (χ0) is 23.8. The van der Waals surface area contributed by atoms with E-state index >= 15 is 0 Å². The van der Waals surface area contributed by atoms with Gasteiger partial charge in [-0.3, -0.25) is 4.72 Å². The van der Waals surface area contributed by atoms with Crippen LogP contribution in [0.1, 0.15) is 36.1 Å². The highest BCUT2D eigenvalue weighted by Crippen LogP contribution is 2.38. The van der Waals surface area contributed by atoms with Crippen molar-refractivity contribution >= 4 is 21.4 Å². The van der Waals surface area contributed by atoms with Gasteiger partial charge in [0.15, 0.2) is 23.3 Å². The molecule has 1 heterocycles. The van der Waals surface area contributed by atoms with Gasteiger partial charge in [0, 0.05) is 34.6 Å². The molecule has 1 aliphatic heterocycles. The van der Waals surface area contributed by atoms with Gasteiger partial charge in [-0.2, -0.15) is 0 Å². The average Bonchev–Trinajstić information content (AvgIpc) is 2.75. The first-order chi connectivity index (χ1) is 15.0. The lowest BCUT2D eigenvalue weighted by Gasteiger charge is -2.38. The second-order valence-corrected chi connectivity index (χ2v) is 9.03. The molecule has 2 aromatic rings. The van der Waals surface area contributed by atoms with E-state index in [0.717, 1.165) is 6.92 Å². The number of aliphatic hydroxyl groups is 1. The lowest BCUT2D eigenvalue weighted by molar-refractivity contribution is -0.131. The fourth-order valence-electron chi connectivity index (χ4n) is 3.48. The summed E-state index contributed by atoms with van der Waals surface area (Å²) in [5, 5.41) is 10.2. The van der Waals surface area contributed by atoms with Gasteiger partial charge in [-0.05, 0) is 31.5 Å². The maximum Gasteiger partial charge on any atom is 0.238 e.